The highest BCUT2D eigenvalue weighted by molar-refractivity contribution is 5.98. The van der Waals surface area contributed by atoms with Crippen molar-refractivity contribution in [2.75, 3.05) is 0 Å². The van der Waals surface area contributed by atoms with Gasteiger partial charge in [-0.2, -0.15) is 0 Å². The second kappa shape index (κ2) is 8.79. The molecule has 1 amide bonds. The summed E-state index contributed by atoms with van der Waals surface area (Å²) in [6.07, 6.45) is 3.94. The Morgan fingerprint density at radius 2 is 1.56 bits per heavy atom. The van der Waals surface area contributed by atoms with Crippen molar-refractivity contribution in [3.63, 3.8) is 0 Å². The number of amides is 1. The average Bonchev–Trinajstić information content (AvgIpc) is 3.09. The molecule has 0 radical (unpaired) electrons. The Labute approximate surface area is 186 Å². The maximum atomic E-state index is 13.3. The summed E-state index contributed by atoms with van der Waals surface area (Å²) in [5.41, 5.74) is 3.10. The molecule has 1 N–H and O–H groups in total. The van der Waals surface area contributed by atoms with Crippen molar-refractivity contribution in [2.24, 2.45) is 0 Å². The third-order valence-corrected chi connectivity index (χ3v) is 6.12. The van der Waals surface area contributed by atoms with Crippen LogP contribution in [0.5, 0.6) is 0 Å². The molecule has 1 aliphatic rings. The Bertz CT molecular complexity index is 1270. The number of benzene rings is 3. The number of fused-ring (bicyclic) bond motifs is 2. The Hall–Kier alpha value is -3.73. The predicted octanol–water partition coefficient (Wildman–Crippen LogP) is 4.64. The summed E-state index contributed by atoms with van der Waals surface area (Å²) in [5.74, 6) is 0.630. The second-order valence-electron chi connectivity index (χ2n) is 8.26. The van der Waals surface area contributed by atoms with Crippen molar-refractivity contribution >= 4 is 16.8 Å². The van der Waals surface area contributed by atoms with Crippen LogP contribution < -0.4 is 10.9 Å². The molecule has 2 heterocycles. The minimum atomic E-state index is -0.272. The molecule has 3 aromatic carbocycles. The molecule has 0 fully saturated rings. The zero-order valence-corrected chi connectivity index (χ0v) is 17.8. The van der Waals surface area contributed by atoms with E-state index < -0.39 is 0 Å². The molecule has 5 rings (SSSR count). The minimum absolute atomic E-state index is 0.00898. The third-order valence-electron chi connectivity index (χ3n) is 6.12. The van der Waals surface area contributed by atoms with Crippen LogP contribution in [-0.2, 0) is 13.0 Å². The lowest BCUT2D eigenvalue weighted by Gasteiger charge is -2.20. The lowest BCUT2D eigenvalue weighted by molar-refractivity contribution is 0.0943. The highest BCUT2D eigenvalue weighted by atomic mass is 16.1. The van der Waals surface area contributed by atoms with Gasteiger partial charge in [0.05, 0.1) is 16.9 Å². The first kappa shape index (κ1) is 20.2. The van der Waals surface area contributed by atoms with Gasteiger partial charge in [-0.25, -0.2) is 4.98 Å². The Kier molecular flexibility index (Phi) is 5.55. The number of hydrogen-bond acceptors (Lipinski definition) is 3. The van der Waals surface area contributed by atoms with Crippen LogP contribution >= 0.6 is 0 Å². The second-order valence-corrected chi connectivity index (χ2v) is 8.26. The van der Waals surface area contributed by atoms with E-state index >= 15 is 0 Å². The van der Waals surface area contributed by atoms with Gasteiger partial charge in [0.15, 0.2) is 0 Å². The van der Waals surface area contributed by atoms with E-state index in [0.717, 1.165) is 49.2 Å². The number of aryl methyl sites for hydroxylation is 1. The van der Waals surface area contributed by atoms with E-state index in [4.69, 9.17) is 4.98 Å². The minimum Gasteiger partial charge on any atom is -0.341 e. The van der Waals surface area contributed by atoms with E-state index in [0.29, 0.717) is 16.5 Å². The fourth-order valence-electron chi connectivity index (χ4n) is 4.42. The van der Waals surface area contributed by atoms with Crippen LogP contribution in [0.1, 0.15) is 52.6 Å². The third kappa shape index (κ3) is 3.94. The van der Waals surface area contributed by atoms with Crippen LogP contribution in [-0.4, -0.2) is 15.5 Å². The molecule has 32 heavy (non-hydrogen) atoms. The van der Waals surface area contributed by atoms with Gasteiger partial charge >= 0.3 is 0 Å². The van der Waals surface area contributed by atoms with E-state index in [1.54, 1.807) is 22.8 Å². The van der Waals surface area contributed by atoms with E-state index in [2.05, 4.69) is 5.32 Å². The van der Waals surface area contributed by atoms with Crippen LogP contribution in [0.3, 0.4) is 0 Å². The van der Waals surface area contributed by atoms with Gasteiger partial charge in [0.2, 0.25) is 0 Å². The van der Waals surface area contributed by atoms with Crippen molar-refractivity contribution < 1.29 is 4.79 Å². The maximum absolute atomic E-state index is 13.3. The fraction of sp³-hybridized carbons (Fsp3) is 0.222. The summed E-state index contributed by atoms with van der Waals surface area (Å²) < 4.78 is 1.80. The van der Waals surface area contributed by atoms with Crippen LogP contribution in [0.2, 0.25) is 0 Å². The zero-order chi connectivity index (χ0) is 21.9. The van der Waals surface area contributed by atoms with E-state index in [9.17, 15) is 9.59 Å². The van der Waals surface area contributed by atoms with Crippen molar-refractivity contribution in [3.05, 3.63) is 112 Å². The lowest BCUT2D eigenvalue weighted by Crippen LogP contribution is -2.29. The molecule has 0 unspecified atom stereocenters. The molecule has 0 aliphatic carbocycles. The first-order valence-corrected chi connectivity index (χ1v) is 11.1. The molecule has 0 spiro atoms. The number of nitrogens with one attached hydrogen (secondary N) is 1. The normalized spacial score (nSPS) is 13.5. The first-order valence-electron chi connectivity index (χ1n) is 11.1. The quantitative estimate of drug-likeness (QED) is 0.520. The number of rotatable bonds is 4. The van der Waals surface area contributed by atoms with Gasteiger partial charge in [-0.1, -0.05) is 67.1 Å². The highest BCUT2D eigenvalue weighted by Gasteiger charge is 2.19. The molecular weight excluding hydrogens is 398 g/mol. The summed E-state index contributed by atoms with van der Waals surface area (Å²) in [4.78, 5) is 31.0. The van der Waals surface area contributed by atoms with Gasteiger partial charge in [0.25, 0.3) is 11.5 Å². The molecule has 0 bridgehead atoms. The topological polar surface area (TPSA) is 64.0 Å². The van der Waals surface area contributed by atoms with E-state index in [-0.39, 0.29) is 17.5 Å². The Balaban J connectivity index is 1.50. The van der Waals surface area contributed by atoms with Crippen LogP contribution in [0.15, 0.2) is 83.7 Å². The van der Waals surface area contributed by atoms with Crippen LogP contribution in [0.4, 0.5) is 0 Å². The van der Waals surface area contributed by atoms with Crippen molar-refractivity contribution in [1.82, 2.24) is 14.9 Å². The summed E-state index contributed by atoms with van der Waals surface area (Å²) in [6.45, 7) is 0.717. The van der Waals surface area contributed by atoms with Crippen molar-refractivity contribution in [3.8, 4) is 0 Å². The largest absolute Gasteiger partial charge is 0.341 e. The van der Waals surface area contributed by atoms with Gasteiger partial charge in [-0.05, 0) is 42.2 Å². The number of carbonyl (C=O) groups excluding carboxylic acids is 1. The van der Waals surface area contributed by atoms with E-state index in [1.807, 2.05) is 60.7 Å². The molecule has 1 aliphatic heterocycles. The SMILES string of the molecule is O=C(NC(c1ccccc1)c1ccccc1)c1ccc2c(=O)n3c(nc2c1)CCCCC3. The number of carbonyl (C=O) groups is 1. The first-order chi connectivity index (χ1) is 15.7. The monoisotopic (exact) mass is 423 g/mol. The average molecular weight is 424 g/mol. The van der Waals surface area contributed by atoms with Crippen molar-refractivity contribution in [2.45, 2.75) is 38.3 Å². The Morgan fingerprint density at radius 1 is 0.875 bits per heavy atom. The molecule has 5 nitrogen and oxygen atoms in total. The van der Waals surface area contributed by atoms with Crippen molar-refractivity contribution in [1.29, 1.82) is 0 Å². The van der Waals surface area contributed by atoms with Crippen LogP contribution in [0, 0.1) is 0 Å². The highest BCUT2D eigenvalue weighted by Crippen LogP contribution is 2.23. The zero-order valence-electron chi connectivity index (χ0n) is 17.8. The lowest BCUT2D eigenvalue weighted by atomic mass is 9.98. The molecule has 4 aromatic rings. The number of nitrogens with zero attached hydrogens (tertiary/aromatic N) is 2. The van der Waals surface area contributed by atoms with E-state index in [1.165, 1.54) is 0 Å². The molecule has 0 saturated carbocycles. The summed E-state index contributed by atoms with van der Waals surface area (Å²) in [6, 6.07) is 24.8. The molecule has 0 atom stereocenters. The number of aromatic nitrogens is 2. The fourth-order valence-corrected chi connectivity index (χ4v) is 4.42. The molecule has 5 heteroatoms. The molecular formula is C27H25N3O2. The Morgan fingerprint density at radius 3 is 2.25 bits per heavy atom. The summed E-state index contributed by atoms with van der Waals surface area (Å²) >= 11 is 0. The van der Waals surface area contributed by atoms with Gasteiger partial charge in [0.1, 0.15) is 5.82 Å². The number of hydrogen-bond donors (Lipinski definition) is 1. The van der Waals surface area contributed by atoms with Gasteiger partial charge < -0.3 is 5.32 Å². The van der Waals surface area contributed by atoms with Gasteiger partial charge in [-0.15, -0.1) is 0 Å². The predicted molar refractivity (Wildman–Crippen MR) is 126 cm³/mol. The van der Waals surface area contributed by atoms with Gasteiger partial charge in [0, 0.05) is 18.5 Å². The van der Waals surface area contributed by atoms with Gasteiger partial charge in [-0.3, -0.25) is 14.2 Å². The molecule has 160 valence electrons. The smallest absolute Gasteiger partial charge is 0.261 e. The summed E-state index contributed by atoms with van der Waals surface area (Å²) in [5, 5.41) is 3.73. The summed E-state index contributed by atoms with van der Waals surface area (Å²) in [7, 11) is 0. The van der Waals surface area contributed by atoms with Crippen LogP contribution in [0.25, 0.3) is 10.9 Å². The molecule has 0 saturated heterocycles. The standard InChI is InChI=1S/C27H25N3O2/c31-26(29-25(19-10-4-1-5-11-19)20-12-6-2-7-13-20)21-15-16-22-23(18-21)28-24-14-8-3-9-17-30(24)27(22)32/h1-2,4-7,10-13,15-16,18,25H,3,8-9,14,17H2,(H,29,31). The maximum Gasteiger partial charge on any atom is 0.261 e. The molecule has 1 aromatic heterocycles.